The second-order valence-electron chi connectivity index (χ2n) is 5.50. The number of hydrogen-bond acceptors (Lipinski definition) is 4. The van der Waals surface area contributed by atoms with E-state index in [2.05, 4.69) is 9.97 Å². The fraction of sp³-hybridized carbons (Fsp3) is 0.375. The van der Waals surface area contributed by atoms with Crippen LogP contribution in [0.5, 0.6) is 0 Å². The molecule has 0 aromatic carbocycles. The monoisotopic (exact) mass is 298 g/mol. The van der Waals surface area contributed by atoms with Gasteiger partial charge in [0.2, 0.25) is 5.78 Å². The molecule has 114 valence electrons. The van der Waals surface area contributed by atoms with E-state index in [1.807, 2.05) is 29.0 Å². The molecule has 0 aliphatic carbocycles. The lowest BCUT2D eigenvalue weighted by molar-refractivity contribution is -0.141. The molecule has 0 saturated carbocycles. The Kier molecular flexibility index (Phi) is 4.00. The molecule has 3 rings (SSSR count). The van der Waals surface area contributed by atoms with Gasteiger partial charge in [-0.2, -0.15) is 0 Å². The zero-order chi connectivity index (χ0) is 15.5. The van der Waals surface area contributed by atoms with Crippen molar-refractivity contribution in [3.05, 3.63) is 48.8 Å². The van der Waals surface area contributed by atoms with Crippen LogP contribution in [0, 0.1) is 5.92 Å². The molecule has 6 heteroatoms. The number of aromatic nitrogens is 3. The van der Waals surface area contributed by atoms with Gasteiger partial charge in [-0.3, -0.25) is 14.6 Å². The Bertz CT molecular complexity index is 654. The van der Waals surface area contributed by atoms with Crippen molar-refractivity contribution in [3.63, 3.8) is 0 Å². The van der Waals surface area contributed by atoms with E-state index in [-0.39, 0.29) is 17.7 Å². The Morgan fingerprint density at radius 1 is 1.18 bits per heavy atom. The first-order chi connectivity index (χ1) is 10.7. The molecule has 6 nitrogen and oxygen atoms in total. The van der Waals surface area contributed by atoms with Gasteiger partial charge in [0.15, 0.2) is 0 Å². The Hall–Kier alpha value is -2.50. The lowest BCUT2D eigenvalue weighted by Gasteiger charge is -2.25. The third-order valence-electron chi connectivity index (χ3n) is 4.06. The summed E-state index contributed by atoms with van der Waals surface area (Å²) in [6, 6.07) is 5.32. The fourth-order valence-corrected chi connectivity index (χ4v) is 2.93. The lowest BCUT2D eigenvalue weighted by atomic mass is 9.98. The summed E-state index contributed by atoms with van der Waals surface area (Å²) in [4.78, 5) is 34.3. The van der Waals surface area contributed by atoms with Gasteiger partial charge in [-0.1, -0.05) is 13.0 Å². The van der Waals surface area contributed by atoms with Gasteiger partial charge in [0.25, 0.3) is 5.91 Å². The number of ketones is 1. The molecule has 1 saturated heterocycles. The van der Waals surface area contributed by atoms with Crippen LogP contribution in [-0.2, 0) is 16.1 Å². The second-order valence-corrected chi connectivity index (χ2v) is 5.50. The number of Topliss-reactive ketones (excluding diaryl/α,β-unsaturated/α-hetero) is 1. The van der Waals surface area contributed by atoms with Crippen LogP contribution in [-0.4, -0.2) is 37.7 Å². The maximum atomic E-state index is 12.2. The Balaban J connectivity index is 1.74. The SMILES string of the molecule is CC1C(=O)C(=O)N(CCCn2ccnc2)C1c1ccccn1. The van der Waals surface area contributed by atoms with Crippen molar-refractivity contribution >= 4 is 11.7 Å². The van der Waals surface area contributed by atoms with Crippen LogP contribution in [0.4, 0.5) is 0 Å². The average Bonchev–Trinajstić information content (AvgIpc) is 3.12. The summed E-state index contributed by atoms with van der Waals surface area (Å²) in [6.07, 6.45) is 7.82. The molecular weight excluding hydrogens is 280 g/mol. The number of likely N-dealkylation sites (tertiary alicyclic amines) is 1. The maximum Gasteiger partial charge on any atom is 0.290 e. The molecule has 0 bridgehead atoms. The molecule has 1 aliphatic heterocycles. The number of pyridine rings is 1. The van der Waals surface area contributed by atoms with Gasteiger partial charge in [-0.25, -0.2) is 4.98 Å². The smallest absolute Gasteiger partial charge is 0.290 e. The molecule has 2 aromatic heterocycles. The van der Waals surface area contributed by atoms with Crippen molar-refractivity contribution in [2.45, 2.75) is 25.9 Å². The zero-order valence-electron chi connectivity index (χ0n) is 12.4. The lowest BCUT2D eigenvalue weighted by Crippen LogP contribution is -2.31. The maximum absolute atomic E-state index is 12.2. The normalized spacial score (nSPS) is 21.6. The summed E-state index contributed by atoms with van der Waals surface area (Å²) < 4.78 is 1.96. The minimum absolute atomic E-state index is 0.260. The van der Waals surface area contributed by atoms with Crippen molar-refractivity contribution in [1.82, 2.24) is 19.4 Å². The first-order valence-electron chi connectivity index (χ1n) is 7.40. The van der Waals surface area contributed by atoms with Gasteiger partial charge in [0, 0.05) is 31.7 Å². The Labute approximate surface area is 128 Å². The van der Waals surface area contributed by atoms with Crippen molar-refractivity contribution in [1.29, 1.82) is 0 Å². The molecule has 3 heterocycles. The van der Waals surface area contributed by atoms with Crippen LogP contribution < -0.4 is 0 Å². The predicted octanol–water partition coefficient (Wildman–Crippen LogP) is 1.46. The minimum atomic E-state index is -0.395. The zero-order valence-corrected chi connectivity index (χ0v) is 12.4. The van der Waals surface area contributed by atoms with E-state index >= 15 is 0 Å². The summed E-state index contributed by atoms with van der Waals surface area (Å²) in [5.74, 6) is -1.07. The summed E-state index contributed by atoms with van der Waals surface area (Å²) in [7, 11) is 0. The summed E-state index contributed by atoms with van der Waals surface area (Å²) in [5, 5.41) is 0. The highest BCUT2D eigenvalue weighted by Crippen LogP contribution is 2.34. The van der Waals surface area contributed by atoms with Crippen LogP contribution in [0.25, 0.3) is 0 Å². The van der Waals surface area contributed by atoms with Crippen LogP contribution >= 0.6 is 0 Å². The fourth-order valence-electron chi connectivity index (χ4n) is 2.93. The molecule has 2 aromatic rings. The third-order valence-corrected chi connectivity index (χ3v) is 4.06. The van der Waals surface area contributed by atoms with Crippen molar-refractivity contribution in [3.8, 4) is 0 Å². The molecule has 1 amide bonds. The summed E-state index contributed by atoms with van der Waals surface area (Å²) in [5.41, 5.74) is 0.775. The highest BCUT2D eigenvalue weighted by atomic mass is 16.2. The van der Waals surface area contributed by atoms with Crippen LogP contribution in [0.1, 0.15) is 25.1 Å². The molecule has 1 aliphatic rings. The van der Waals surface area contributed by atoms with E-state index in [1.165, 1.54) is 0 Å². The van der Waals surface area contributed by atoms with Gasteiger partial charge in [-0.15, -0.1) is 0 Å². The number of rotatable bonds is 5. The number of nitrogens with zero attached hydrogens (tertiary/aromatic N) is 4. The van der Waals surface area contributed by atoms with Crippen LogP contribution in [0.2, 0.25) is 0 Å². The van der Waals surface area contributed by atoms with Crippen molar-refractivity contribution in [2.75, 3.05) is 6.54 Å². The van der Waals surface area contributed by atoms with Gasteiger partial charge in [0.05, 0.1) is 24.0 Å². The van der Waals surface area contributed by atoms with Crippen LogP contribution in [0.3, 0.4) is 0 Å². The van der Waals surface area contributed by atoms with E-state index < -0.39 is 5.91 Å². The first kappa shape index (κ1) is 14.4. The Morgan fingerprint density at radius 3 is 2.73 bits per heavy atom. The molecule has 22 heavy (non-hydrogen) atoms. The number of amides is 1. The van der Waals surface area contributed by atoms with Gasteiger partial charge >= 0.3 is 0 Å². The van der Waals surface area contributed by atoms with E-state index in [9.17, 15) is 9.59 Å². The first-order valence-corrected chi connectivity index (χ1v) is 7.40. The van der Waals surface area contributed by atoms with Gasteiger partial charge < -0.3 is 9.47 Å². The minimum Gasteiger partial charge on any atom is -0.337 e. The Morgan fingerprint density at radius 2 is 2.05 bits per heavy atom. The van der Waals surface area contributed by atoms with E-state index in [1.54, 1.807) is 30.5 Å². The quantitative estimate of drug-likeness (QED) is 0.784. The van der Waals surface area contributed by atoms with Crippen molar-refractivity contribution in [2.24, 2.45) is 5.92 Å². The summed E-state index contributed by atoms with van der Waals surface area (Å²) in [6.45, 7) is 3.10. The highest BCUT2D eigenvalue weighted by molar-refractivity contribution is 6.39. The van der Waals surface area contributed by atoms with E-state index in [0.717, 1.165) is 18.7 Å². The number of carbonyl (C=O) groups is 2. The predicted molar refractivity (Wildman–Crippen MR) is 79.7 cm³/mol. The molecule has 0 spiro atoms. The largest absolute Gasteiger partial charge is 0.337 e. The van der Waals surface area contributed by atoms with Crippen LogP contribution in [0.15, 0.2) is 43.1 Å². The van der Waals surface area contributed by atoms with Crippen molar-refractivity contribution < 1.29 is 9.59 Å². The van der Waals surface area contributed by atoms with E-state index in [4.69, 9.17) is 0 Å². The molecule has 0 radical (unpaired) electrons. The second kappa shape index (κ2) is 6.09. The molecule has 0 N–H and O–H groups in total. The molecule has 1 fully saturated rings. The number of carbonyl (C=O) groups excluding carboxylic acids is 2. The number of imidazole rings is 1. The standard InChI is InChI=1S/C16H18N4O2/c1-12-14(13-5-2-3-6-18-13)20(16(22)15(12)21)9-4-8-19-10-7-17-11-19/h2-3,5-7,10-12,14H,4,8-9H2,1H3. The topological polar surface area (TPSA) is 68.1 Å². The average molecular weight is 298 g/mol. The third kappa shape index (κ3) is 2.64. The van der Waals surface area contributed by atoms with Gasteiger partial charge in [0.1, 0.15) is 0 Å². The number of hydrogen-bond donors (Lipinski definition) is 0. The molecule has 2 atom stereocenters. The summed E-state index contributed by atoms with van der Waals surface area (Å²) >= 11 is 0. The van der Waals surface area contributed by atoms with Gasteiger partial charge in [-0.05, 0) is 18.6 Å². The molecular formula is C16H18N4O2. The van der Waals surface area contributed by atoms with E-state index in [0.29, 0.717) is 6.54 Å². The highest BCUT2D eigenvalue weighted by Gasteiger charge is 2.45. The molecule has 2 unspecified atom stereocenters. The number of aryl methyl sites for hydroxylation is 1.